The summed E-state index contributed by atoms with van der Waals surface area (Å²) in [5.74, 6) is 2.71. The topological polar surface area (TPSA) is 43.2 Å². The van der Waals surface area contributed by atoms with Crippen LogP contribution in [0.5, 0.6) is 5.75 Å². The van der Waals surface area contributed by atoms with Gasteiger partial charge in [0.25, 0.3) is 0 Å². The van der Waals surface area contributed by atoms with Crippen molar-refractivity contribution in [1.82, 2.24) is 14.5 Å². The van der Waals surface area contributed by atoms with Crippen LogP contribution in [0.2, 0.25) is 0 Å². The van der Waals surface area contributed by atoms with Gasteiger partial charge >= 0.3 is 0 Å². The number of aromatic nitrogens is 3. The van der Waals surface area contributed by atoms with Crippen molar-refractivity contribution in [3.8, 4) is 5.75 Å². The normalized spacial score (nSPS) is 13.5. The molecule has 24 heavy (non-hydrogen) atoms. The van der Waals surface area contributed by atoms with Crippen molar-refractivity contribution in [2.45, 2.75) is 19.8 Å². The first-order chi connectivity index (χ1) is 11.2. The zero-order chi connectivity index (χ0) is 16.0. The molecular weight excluding hydrogens is 324 g/mol. The number of hydrogen-bond acceptors (Lipinski definition) is 4. The van der Waals surface area contributed by atoms with Gasteiger partial charge in [0.15, 0.2) is 5.82 Å². The first-order valence-electron chi connectivity index (χ1n) is 7.91. The lowest BCUT2D eigenvalue weighted by Gasteiger charge is -2.31. The third-order valence-electron chi connectivity index (χ3n) is 4.47. The van der Waals surface area contributed by atoms with Crippen LogP contribution in [0.3, 0.4) is 0 Å². The molecule has 3 heterocycles. The Morgan fingerprint density at radius 2 is 2.00 bits per heavy atom. The number of hydrogen-bond donors (Lipinski definition) is 0. The van der Waals surface area contributed by atoms with Gasteiger partial charge in [-0.05, 0) is 49.6 Å². The van der Waals surface area contributed by atoms with Gasteiger partial charge in [-0.3, -0.25) is 0 Å². The van der Waals surface area contributed by atoms with Crippen LogP contribution in [-0.2, 0) is 13.5 Å². The number of ether oxygens (including phenoxy) is 1. The Morgan fingerprint density at radius 1 is 1.17 bits per heavy atom. The van der Waals surface area contributed by atoms with Crippen LogP contribution in [-0.4, -0.2) is 28.2 Å². The van der Waals surface area contributed by atoms with Crippen LogP contribution < -0.4 is 9.64 Å². The van der Waals surface area contributed by atoms with Crippen molar-refractivity contribution in [1.29, 1.82) is 0 Å². The smallest absolute Gasteiger partial charge is 0.161 e. The maximum absolute atomic E-state index is 5.37. The molecule has 4 rings (SSSR count). The fraction of sp³-hybridized carbons (Fsp3) is 0.333. The molecule has 5 nitrogen and oxygen atoms in total. The van der Waals surface area contributed by atoms with Gasteiger partial charge in [0.2, 0.25) is 0 Å². The summed E-state index contributed by atoms with van der Waals surface area (Å²) in [6, 6.07) is 8.34. The first-order valence-corrected chi connectivity index (χ1v) is 7.91. The predicted molar refractivity (Wildman–Crippen MR) is 98.8 cm³/mol. The summed E-state index contributed by atoms with van der Waals surface area (Å²) in [5, 5.41) is 0. The lowest BCUT2D eigenvalue weighted by Crippen LogP contribution is -2.26. The molecule has 1 aliphatic heterocycles. The van der Waals surface area contributed by atoms with Crippen LogP contribution >= 0.6 is 12.4 Å². The number of nitrogens with zero attached hydrogens (tertiary/aromatic N) is 4. The van der Waals surface area contributed by atoms with E-state index in [9.17, 15) is 0 Å². The average molecular weight is 345 g/mol. The molecule has 0 saturated carbocycles. The molecule has 0 bridgehead atoms. The first kappa shape index (κ1) is 16.6. The Bertz CT molecular complexity index is 890. The Kier molecular flexibility index (Phi) is 4.37. The lowest BCUT2D eigenvalue weighted by molar-refractivity contribution is 0.414. The number of aryl methyl sites for hydroxylation is 3. The highest BCUT2D eigenvalue weighted by Gasteiger charge is 2.23. The number of fused-ring (bicyclic) bond motifs is 2. The summed E-state index contributed by atoms with van der Waals surface area (Å²) in [6.07, 6.45) is 4.22. The quantitative estimate of drug-likeness (QED) is 0.709. The largest absolute Gasteiger partial charge is 0.497 e. The van der Waals surface area contributed by atoms with Crippen LogP contribution in [0, 0.1) is 6.92 Å². The van der Waals surface area contributed by atoms with E-state index in [1.807, 2.05) is 32.3 Å². The molecule has 0 atom stereocenters. The number of methoxy groups -OCH3 is 1. The van der Waals surface area contributed by atoms with E-state index >= 15 is 0 Å². The minimum atomic E-state index is 0. The third-order valence-corrected chi connectivity index (χ3v) is 4.47. The van der Waals surface area contributed by atoms with E-state index in [0.717, 1.165) is 47.8 Å². The van der Waals surface area contributed by atoms with E-state index in [2.05, 4.69) is 26.6 Å². The van der Waals surface area contributed by atoms with Crippen molar-refractivity contribution in [3.05, 3.63) is 41.9 Å². The molecule has 0 N–H and O–H groups in total. The van der Waals surface area contributed by atoms with Crippen LogP contribution in [0.25, 0.3) is 11.0 Å². The molecule has 3 aromatic rings. The van der Waals surface area contributed by atoms with Gasteiger partial charge in [-0.15, -0.1) is 12.4 Å². The Hall–Kier alpha value is -2.27. The molecule has 0 aliphatic carbocycles. The second kappa shape index (κ2) is 6.32. The number of rotatable bonds is 2. The molecule has 0 unspecified atom stereocenters. The van der Waals surface area contributed by atoms with Crippen LogP contribution in [0.1, 0.15) is 17.8 Å². The summed E-state index contributed by atoms with van der Waals surface area (Å²) in [7, 11) is 3.76. The Morgan fingerprint density at radius 3 is 2.79 bits per heavy atom. The van der Waals surface area contributed by atoms with Gasteiger partial charge in [-0.2, -0.15) is 0 Å². The molecule has 0 fully saturated rings. The fourth-order valence-corrected chi connectivity index (χ4v) is 3.39. The minimum Gasteiger partial charge on any atom is -0.497 e. The van der Waals surface area contributed by atoms with Gasteiger partial charge in [0, 0.05) is 25.5 Å². The summed E-state index contributed by atoms with van der Waals surface area (Å²) in [4.78, 5) is 11.6. The fourth-order valence-electron chi connectivity index (χ4n) is 3.39. The summed E-state index contributed by atoms with van der Waals surface area (Å²) < 4.78 is 7.47. The molecule has 0 spiro atoms. The third kappa shape index (κ3) is 2.59. The van der Waals surface area contributed by atoms with Crippen molar-refractivity contribution in [3.63, 3.8) is 0 Å². The van der Waals surface area contributed by atoms with E-state index in [0.29, 0.717) is 0 Å². The van der Waals surface area contributed by atoms with Gasteiger partial charge in [-0.25, -0.2) is 9.97 Å². The summed E-state index contributed by atoms with van der Waals surface area (Å²) >= 11 is 0. The molecule has 1 aliphatic rings. The Labute approximate surface area is 147 Å². The second-order valence-corrected chi connectivity index (χ2v) is 6.00. The van der Waals surface area contributed by atoms with Crippen LogP contribution in [0.4, 0.5) is 11.5 Å². The van der Waals surface area contributed by atoms with Gasteiger partial charge in [-0.1, -0.05) is 0 Å². The van der Waals surface area contributed by atoms with E-state index < -0.39 is 0 Å². The molecule has 2 aromatic heterocycles. The zero-order valence-electron chi connectivity index (χ0n) is 14.1. The monoisotopic (exact) mass is 344 g/mol. The van der Waals surface area contributed by atoms with E-state index in [1.54, 1.807) is 7.11 Å². The highest BCUT2D eigenvalue weighted by atomic mass is 35.5. The zero-order valence-corrected chi connectivity index (χ0v) is 14.9. The van der Waals surface area contributed by atoms with Gasteiger partial charge in [0.05, 0.1) is 12.6 Å². The summed E-state index contributed by atoms with van der Waals surface area (Å²) in [5.41, 5.74) is 4.61. The van der Waals surface area contributed by atoms with Crippen molar-refractivity contribution in [2.75, 3.05) is 18.6 Å². The number of anilines is 2. The van der Waals surface area contributed by atoms with Crippen molar-refractivity contribution in [2.24, 2.45) is 7.05 Å². The number of halogens is 1. The molecule has 6 heteroatoms. The van der Waals surface area contributed by atoms with Gasteiger partial charge in [0.1, 0.15) is 17.1 Å². The molecule has 0 amide bonds. The van der Waals surface area contributed by atoms with Crippen molar-refractivity contribution >= 4 is 34.9 Å². The molecular formula is C18H21ClN4O. The molecule has 126 valence electrons. The maximum atomic E-state index is 5.37. The second-order valence-electron chi connectivity index (χ2n) is 6.00. The molecule has 1 aromatic carbocycles. The van der Waals surface area contributed by atoms with E-state index in [1.165, 1.54) is 11.3 Å². The van der Waals surface area contributed by atoms with Crippen LogP contribution in [0.15, 0.2) is 30.5 Å². The van der Waals surface area contributed by atoms with E-state index in [-0.39, 0.29) is 12.4 Å². The highest BCUT2D eigenvalue weighted by Crippen LogP contribution is 2.37. The highest BCUT2D eigenvalue weighted by molar-refractivity contribution is 5.90. The molecule has 0 saturated heterocycles. The Balaban J connectivity index is 0.00000169. The lowest BCUT2D eigenvalue weighted by atomic mass is 10.0. The maximum Gasteiger partial charge on any atom is 0.161 e. The number of benzene rings is 1. The summed E-state index contributed by atoms with van der Waals surface area (Å²) in [6.45, 7) is 2.92. The van der Waals surface area contributed by atoms with E-state index in [4.69, 9.17) is 9.72 Å². The van der Waals surface area contributed by atoms with Gasteiger partial charge < -0.3 is 14.2 Å². The minimum absolute atomic E-state index is 0. The SMILES string of the molecule is COc1ccc2c(c1)CCCN2c1nc(C)nc2ccn(C)c12.Cl. The predicted octanol–water partition coefficient (Wildman–Crippen LogP) is 3.79. The molecule has 0 radical (unpaired) electrons. The average Bonchev–Trinajstić information content (AvgIpc) is 2.94. The van der Waals surface area contributed by atoms with Crippen molar-refractivity contribution < 1.29 is 4.74 Å². The standard InChI is InChI=1S/C18H20N4O.ClH/c1-12-19-15-8-10-21(2)17(15)18(20-12)22-9-4-5-13-11-14(23-3)6-7-16(13)22;/h6-8,10-11H,4-5,9H2,1-3H3;1H.